The molecule has 4 heteroatoms. The van der Waals surface area contributed by atoms with E-state index in [0.717, 1.165) is 38.5 Å². The third kappa shape index (κ3) is 7.01. The summed E-state index contributed by atoms with van der Waals surface area (Å²) in [6.45, 7) is 18.6. The predicted octanol–water partition coefficient (Wildman–Crippen LogP) is 15.3. The molecule has 6 aromatic rings. The molecule has 317 valence electrons. The van der Waals surface area contributed by atoms with Crippen LogP contribution in [0.2, 0.25) is 0 Å². The molecule has 0 N–H and O–H groups in total. The summed E-state index contributed by atoms with van der Waals surface area (Å²) >= 11 is -5.69. The van der Waals surface area contributed by atoms with Crippen LogP contribution in [0, 0.1) is 13.8 Å². The first-order chi connectivity index (χ1) is 29.9. The van der Waals surface area contributed by atoms with Gasteiger partial charge in [-0.3, -0.25) is 0 Å². The van der Waals surface area contributed by atoms with Crippen LogP contribution in [0.3, 0.4) is 0 Å². The van der Waals surface area contributed by atoms with E-state index in [1.807, 2.05) is 0 Å². The third-order valence-electron chi connectivity index (χ3n) is 14.8. The molecule has 0 bridgehead atoms. The monoisotopic (exact) mass is 947 g/mol. The van der Waals surface area contributed by atoms with Gasteiger partial charge in [0.1, 0.15) is 0 Å². The summed E-state index contributed by atoms with van der Waals surface area (Å²) in [5.74, 6) is 0.789. The summed E-state index contributed by atoms with van der Waals surface area (Å²) in [5.41, 5.74) is 21.8. The van der Waals surface area contributed by atoms with Crippen molar-refractivity contribution in [3.05, 3.63) is 171 Å². The van der Waals surface area contributed by atoms with Gasteiger partial charge in [-0.15, -0.1) is 0 Å². The first-order valence-electron chi connectivity index (χ1n) is 23.5. The second-order valence-electron chi connectivity index (χ2n) is 19.3. The van der Waals surface area contributed by atoms with Gasteiger partial charge in [-0.1, -0.05) is 0 Å². The molecule has 0 radical (unpaired) electrons. The average molecular weight is 950 g/mol. The Hall–Kier alpha value is -3.52. The molecule has 1 heterocycles. The average Bonchev–Trinajstić information content (AvgIpc) is 3.97. The first kappa shape index (κ1) is 43.7. The van der Waals surface area contributed by atoms with Crippen LogP contribution in [0.1, 0.15) is 144 Å². The second kappa shape index (κ2) is 17.1. The summed E-state index contributed by atoms with van der Waals surface area (Å²) in [7, 11) is 18.2. The topological polar surface area (TPSA) is 0 Å². The maximum absolute atomic E-state index is 9.52. The van der Waals surface area contributed by atoms with Crippen LogP contribution < -0.4 is 13.6 Å². The molecule has 0 saturated heterocycles. The quantitative estimate of drug-likeness (QED) is 0.101. The molecule has 0 fully saturated rings. The zero-order valence-corrected chi connectivity index (χ0v) is 43.5. The fourth-order valence-electron chi connectivity index (χ4n) is 11.9. The van der Waals surface area contributed by atoms with Gasteiger partial charge in [-0.2, -0.15) is 0 Å². The molecule has 2 unspecified atom stereocenters. The van der Waals surface area contributed by atoms with Gasteiger partial charge in [0.2, 0.25) is 0 Å². The Morgan fingerprint density at radius 1 is 0.532 bits per heavy atom. The van der Waals surface area contributed by atoms with Crippen LogP contribution in [-0.2, 0) is 16.4 Å². The van der Waals surface area contributed by atoms with E-state index >= 15 is 0 Å². The molecule has 1 aliphatic heterocycles. The Kier molecular flexibility index (Phi) is 12.1. The van der Waals surface area contributed by atoms with Gasteiger partial charge in [-0.25, -0.2) is 0 Å². The van der Waals surface area contributed by atoms with Crippen molar-refractivity contribution in [2.24, 2.45) is 0 Å². The van der Waals surface area contributed by atoms with Gasteiger partial charge in [0.25, 0.3) is 0 Å². The molecule has 0 aromatic heterocycles. The van der Waals surface area contributed by atoms with Crippen molar-refractivity contribution in [1.29, 1.82) is 0 Å². The molecule has 2 atom stereocenters. The van der Waals surface area contributed by atoms with Crippen LogP contribution in [0.25, 0.3) is 45.5 Å². The SMILES string of the molecule is CCCCC1=Cc2c(ccc(C)c2-c2ccccc2C(C)C)[CH]1[Zr]([Cl])([Cl])([c]1cccc2c1[SiH2]c1ccccc1-2)[CH]1C(CCCC)=Cc2c1ccc(C)c2-c1ccccc1C(C)C. The molecule has 0 nitrogen and oxygen atoms in total. The molecule has 3 aliphatic rings. The van der Waals surface area contributed by atoms with Crippen molar-refractivity contribution in [2.75, 3.05) is 0 Å². The van der Waals surface area contributed by atoms with Crippen LogP contribution in [-0.4, -0.2) is 9.52 Å². The molecule has 2 aliphatic carbocycles. The number of fused-ring (bicyclic) bond motifs is 5. The van der Waals surface area contributed by atoms with Crippen molar-refractivity contribution in [2.45, 2.75) is 113 Å². The fraction of sp³-hybridized carbons (Fsp3) is 0.310. The third-order valence-corrected chi connectivity index (χ3v) is 37.6. The number of rotatable bonds is 13. The van der Waals surface area contributed by atoms with E-state index in [0.29, 0.717) is 11.8 Å². The molecular weight excluding hydrogens is 887 g/mol. The minimum atomic E-state index is -5.69. The van der Waals surface area contributed by atoms with E-state index in [9.17, 15) is 17.0 Å². The van der Waals surface area contributed by atoms with Gasteiger partial charge in [0.15, 0.2) is 0 Å². The Morgan fingerprint density at radius 3 is 1.47 bits per heavy atom. The van der Waals surface area contributed by atoms with E-state index in [1.165, 1.54) is 103 Å². The van der Waals surface area contributed by atoms with Crippen molar-refractivity contribution < 1.29 is 16.4 Å². The van der Waals surface area contributed by atoms with E-state index < -0.39 is 25.9 Å². The number of hydrogen-bond acceptors (Lipinski definition) is 0. The van der Waals surface area contributed by atoms with Gasteiger partial charge in [0.05, 0.1) is 0 Å². The Balaban J connectivity index is 1.40. The summed E-state index contributed by atoms with van der Waals surface area (Å²) in [4.78, 5) is 0. The fourth-order valence-corrected chi connectivity index (χ4v) is 39.9. The normalized spacial score (nSPS) is 17.5. The number of unbranched alkanes of at least 4 members (excludes halogenated alkanes) is 2. The molecule has 0 amide bonds. The van der Waals surface area contributed by atoms with E-state index in [2.05, 4.69) is 183 Å². The van der Waals surface area contributed by atoms with Crippen molar-refractivity contribution >= 4 is 52.3 Å². The Labute approximate surface area is 383 Å². The Morgan fingerprint density at radius 2 is 0.984 bits per heavy atom. The first-order valence-corrected chi connectivity index (χ1v) is 35.3. The number of allylic oxidation sites excluding steroid dienone is 2. The standard InChI is InChI=1S/2C23H27.C12H9Si.2ClH.Zr/c2*1-5-6-9-18-14-19-13-12-17(4)23(22(19)15-18)21-11-8-7-10-20(21)16(2)3;1-3-7-11-9(5-1)10-6-2-4-8-12(10)13-11;;;/h2*7-8,10-16H,5-6,9H2,1-4H3;1-7H,13H2;2*1H;/q;;;;;+2/p-2. The van der Waals surface area contributed by atoms with Crippen LogP contribution >= 0.6 is 17.0 Å². The number of benzene rings is 6. The van der Waals surface area contributed by atoms with Crippen molar-refractivity contribution in [1.82, 2.24) is 0 Å². The number of hydrogen-bond donors (Lipinski definition) is 0. The van der Waals surface area contributed by atoms with E-state index in [1.54, 1.807) is 0 Å². The number of halogens is 2. The molecule has 0 spiro atoms. The molecular formula is C58H63Cl2SiZr. The summed E-state index contributed by atoms with van der Waals surface area (Å²) in [6, 6.07) is 44.1. The predicted molar refractivity (Wildman–Crippen MR) is 273 cm³/mol. The Bertz CT molecular complexity index is 2650. The van der Waals surface area contributed by atoms with Gasteiger partial charge in [0, 0.05) is 0 Å². The maximum atomic E-state index is 9.52. The van der Waals surface area contributed by atoms with Crippen molar-refractivity contribution in [3.63, 3.8) is 0 Å². The zero-order valence-electron chi connectivity index (χ0n) is 38.1. The minimum absolute atomic E-state index is 0.0789. The second-order valence-corrected chi connectivity index (χ2v) is 41.8. The van der Waals surface area contributed by atoms with Crippen LogP contribution in [0.15, 0.2) is 126 Å². The molecule has 6 aromatic carbocycles. The van der Waals surface area contributed by atoms with Gasteiger partial charge in [-0.05, 0) is 0 Å². The summed E-state index contributed by atoms with van der Waals surface area (Å²) in [5, 5.41) is 3.00. The van der Waals surface area contributed by atoms with Gasteiger partial charge >= 0.3 is 386 Å². The summed E-state index contributed by atoms with van der Waals surface area (Å²) in [6.07, 6.45) is 11.6. The molecule has 9 rings (SSSR count). The number of aryl methyl sites for hydroxylation is 2. The van der Waals surface area contributed by atoms with Crippen molar-refractivity contribution in [3.8, 4) is 33.4 Å². The molecule has 62 heavy (non-hydrogen) atoms. The molecule has 0 saturated carbocycles. The van der Waals surface area contributed by atoms with Crippen LogP contribution in [0.5, 0.6) is 0 Å². The van der Waals surface area contributed by atoms with E-state index in [4.69, 9.17) is 0 Å². The van der Waals surface area contributed by atoms with Gasteiger partial charge < -0.3 is 0 Å². The summed E-state index contributed by atoms with van der Waals surface area (Å²) < 4.78 is 1.17. The van der Waals surface area contributed by atoms with E-state index in [-0.39, 0.29) is 7.25 Å². The zero-order chi connectivity index (χ0) is 43.5. The van der Waals surface area contributed by atoms with Crippen LogP contribution in [0.4, 0.5) is 0 Å².